The second-order valence-corrected chi connectivity index (χ2v) is 2.01. The van der Waals surface area contributed by atoms with Gasteiger partial charge in [-0.25, -0.2) is 4.79 Å². The summed E-state index contributed by atoms with van der Waals surface area (Å²) in [4.78, 5) is 10.9. The Hall–Kier alpha value is -0.510. The number of carbonyl (C=O) groups is 1. The number of phenols is 1. The summed E-state index contributed by atoms with van der Waals surface area (Å²) >= 11 is 0. The van der Waals surface area contributed by atoms with Crippen LogP contribution >= 0.6 is 0 Å². The predicted molar refractivity (Wildman–Crippen MR) is 50.5 cm³/mol. The number of hydrogen-bond donors (Lipinski definition) is 1. The zero-order valence-corrected chi connectivity index (χ0v) is 10.8. The third-order valence-electron chi connectivity index (χ3n) is 1.31. The van der Waals surface area contributed by atoms with Gasteiger partial charge in [0.2, 0.25) is 0 Å². The molecule has 0 fully saturated rings. The molecule has 0 saturated heterocycles. The van der Waals surface area contributed by atoms with Crippen molar-refractivity contribution in [3.05, 3.63) is 36.8 Å². The fourth-order valence-corrected chi connectivity index (χ4v) is 0.756. The van der Waals surface area contributed by atoms with Crippen LogP contribution in [0.2, 0.25) is 0 Å². The molecule has 1 aromatic rings. The number of phenolic OH excluding ortho intramolecular Hbond substituents is 1. The minimum absolute atomic E-state index is 0. The van der Waals surface area contributed by atoms with Gasteiger partial charge in [0.15, 0.2) is 0 Å². The van der Waals surface area contributed by atoms with Crippen molar-refractivity contribution in [1.29, 1.82) is 0 Å². The summed E-state index contributed by atoms with van der Waals surface area (Å²) in [5.41, 5.74) is 0.190. The molecule has 1 N–H and O–H groups in total. The Balaban J connectivity index is 0. The van der Waals surface area contributed by atoms with Gasteiger partial charge in [-0.3, -0.25) is 0 Å². The van der Waals surface area contributed by atoms with Gasteiger partial charge < -0.3 is 16.8 Å². The molecule has 0 aliphatic heterocycles. The van der Waals surface area contributed by atoms with Crippen molar-refractivity contribution in [3.63, 3.8) is 0 Å². The van der Waals surface area contributed by atoms with Gasteiger partial charge in [0.05, 0.1) is 7.11 Å². The Morgan fingerprint density at radius 3 is 2.29 bits per heavy atom. The third-order valence-corrected chi connectivity index (χ3v) is 1.31. The minimum atomic E-state index is -0.525. The largest absolute Gasteiger partial charge is 1.00 e. The number of benzene rings is 1. The number of rotatable bonds is 1. The fraction of sp³-hybridized carbons (Fsp3) is 0.200. The number of hydrogen-bond acceptors (Lipinski definition) is 3. The topological polar surface area (TPSA) is 46.5 Å². The molecule has 0 spiro atoms. The molecule has 0 atom stereocenters. The molecule has 0 bridgehead atoms. The van der Waals surface area contributed by atoms with E-state index in [0.29, 0.717) is 0 Å². The molecular formula is C10H13NaO3. The van der Waals surface area contributed by atoms with Crippen LogP contribution in [-0.4, -0.2) is 18.2 Å². The number of esters is 1. The number of para-hydroxylation sites is 1. The average Bonchev–Trinajstić information content (AvgIpc) is 2.20. The Bertz CT molecular complexity index is 274. The molecule has 0 amide bonds. The Kier molecular flexibility index (Phi) is 10.3. The molecule has 0 heterocycles. The van der Waals surface area contributed by atoms with Gasteiger partial charge in [-0.05, 0) is 12.1 Å². The Labute approximate surface area is 106 Å². The maximum absolute atomic E-state index is 10.9. The van der Waals surface area contributed by atoms with Crippen molar-refractivity contribution in [3.8, 4) is 5.75 Å². The van der Waals surface area contributed by atoms with E-state index in [0.717, 1.165) is 0 Å². The van der Waals surface area contributed by atoms with Crippen LogP contribution in [0.5, 0.6) is 5.75 Å². The quantitative estimate of drug-likeness (QED) is 0.363. The number of ether oxygens (including phenoxy) is 1. The summed E-state index contributed by atoms with van der Waals surface area (Å²) in [6.07, 6.45) is 0. The van der Waals surface area contributed by atoms with Crippen LogP contribution < -0.4 is 29.6 Å². The van der Waals surface area contributed by atoms with Gasteiger partial charge in [-0.2, -0.15) is 6.92 Å². The van der Waals surface area contributed by atoms with E-state index >= 15 is 0 Å². The Morgan fingerprint density at radius 1 is 1.36 bits per heavy atom. The van der Waals surface area contributed by atoms with E-state index < -0.39 is 5.97 Å². The summed E-state index contributed by atoms with van der Waals surface area (Å²) < 4.78 is 4.42. The number of aromatic hydroxyl groups is 1. The van der Waals surface area contributed by atoms with Crippen molar-refractivity contribution < 1.29 is 44.2 Å². The standard InChI is InChI=1S/C8H8O3.C2H5.Na/c1-11-8(10)6-4-2-3-5-7(6)9;1-2;/h2-5,9H,1H3;1H2,2H3;/q;-1;+1. The van der Waals surface area contributed by atoms with E-state index in [9.17, 15) is 4.79 Å². The molecule has 3 nitrogen and oxygen atoms in total. The minimum Gasteiger partial charge on any atom is -0.507 e. The molecule has 0 aromatic heterocycles. The monoisotopic (exact) mass is 204 g/mol. The van der Waals surface area contributed by atoms with Crippen LogP contribution in [0, 0.1) is 6.92 Å². The average molecular weight is 204 g/mol. The molecule has 0 aliphatic rings. The first-order valence-corrected chi connectivity index (χ1v) is 3.82. The van der Waals surface area contributed by atoms with Crippen LogP contribution in [0.25, 0.3) is 0 Å². The van der Waals surface area contributed by atoms with Gasteiger partial charge in [0.1, 0.15) is 11.3 Å². The van der Waals surface area contributed by atoms with E-state index in [1.807, 2.05) is 0 Å². The van der Waals surface area contributed by atoms with E-state index in [4.69, 9.17) is 5.11 Å². The fourth-order valence-electron chi connectivity index (χ4n) is 0.756. The van der Waals surface area contributed by atoms with E-state index in [1.165, 1.54) is 19.2 Å². The van der Waals surface area contributed by atoms with E-state index in [2.05, 4.69) is 11.7 Å². The van der Waals surface area contributed by atoms with Crippen molar-refractivity contribution in [1.82, 2.24) is 0 Å². The summed E-state index contributed by atoms with van der Waals surface area (Å²) in [5.74, 6) is -0.581. The second kappa shape index (κ2) is 9.06. The molecular weight excluding hydrogens is 191 g/mol. The maximum Gasteiger partial charge on any atom is 1.00 e. The summed E-state index contributed by atoms with van der Waals surface area (Å²) in [7, 11) is 1.27. The van der Waals surface area contributed by atoms with Crippen molar-refractivity contribution in [2.24, 2.45) is 0 Å². The smallest absolute Gasteiger partial charge is 0.507 e. The summed E-state index contributed by atoms with van der Waals surface area (Å²) in [5, 5.41) is 9.11. The Morgan fingerprint density at radius 2 is 1.86 bits per heavy atom. The molecule has 0 saturated carbocycles. The van der Waals surface area contributed by atoms with E-state index in [1.54, 1.807) is 19.1 Å². The van der Waals surface area contributed by atoms with E-state index in [-0.39, 0.29) is 40.9 Å². The first kappa shape index (κ1) is 15.9. The van der Waals surface area contributed by atoms with Crippen LogP contribution in [-0.2, 0) is 4.74 Å². The van der Waals surface area contributed by atoms with Crippen molar-refractivity contribution in [2.45, 2.75) is 6.92 Å². The molecule has 0 unspecified atom stereocenters. The predicted octanol–water partition coefficient (Wildman–Crippen LogP) is -0.977. The van der Waals surface area contributed by atoms with Gasteiger partial charge >= 0.3 is 35.5 Å². The molecule has 1 rings (SSSR count). The number of methoxy groups -OCH3 is 1. The first-order chi connectivity index (χ1) is 6.25. The first-order valence-electron chi connectivity index (χ1n) is 3.82. The SMILES string of the molecule is COC(=O)c1ccccc1O.[CH2-]C.[Na+]. The summed E-state index contributed by atoms with van der Waals surface area (Å²) in [6, 6.07) is 6.24. The van der Waals surface area contributed by atoms with Gasteiger partial charge in [0.25, 0.3) is 0 Å². The normalized spacial score (nSPS) is 7.64. The molecule has 0 aliphatic carbocycles. The third kappa shape index (κ3) is 4.65. The van der Waals surface area contributed by atoms with Gasteiger partial charge in [0, 0.05) is 0 Å². The van der Waals surface area contributed by atoms with Crippen molar-refractivity contribution in [2.75, 3.05) is 7.11 Å². The van der Waals surface area contributed by atoms with Crippen LogP contribution in [0.15, 0.2) is 24.3 Å². The number of carbonyl (C=O) groups excluding carboxylic acids is 1. The maximum atomic E-state index is 10.9. The molecule has 14 heavy (non-hydrogen) atoms. The molecule has 4 heteroatoms. The second-order valence-electron chi connectivity index (χ2n) is 2.01. The van der Waals surface area contributed by atoms with Crippen LogP contribution in [0.3, 0.4) is 0 Å². The zero-order chi connectivity index (χ0) is 10.3. The van der Waals surface area contributed by atoms with Crippen LogP contribution in [0.4, 0.5) is 0 Å². The molecule has 1 aromatic carbocycles. The van der Waals surface area contributed by atoms with Gasteiger partial charge in [-0.15, -0.1) is 0 Å². The zero-order valence-electron chi connectivity index (χ0n) is 8.78. The van der Waals surface area contributed by atoms with Crippen LogP contribution in [0.1, 0.15) is 17.3 Å². The summed E-state index contributed by atoms with van der Waals surface area (Å²) in [6.45, 7) is 5.00. The molecule has 0 radical (unpaired) electrons. The molecule has 72 valence electrons. The van der Waals surface area contributed by atoms with Gasteiger partial charge in [-0.1, -0.05) is 12.1 Å². The van der Waals surface area contributed by atoms with Crippen molar-refractivity contribution >= 4 is 5.97 Å².